The normalized spacial score (nSPS) is 19.8. The van der Waals surface area contributed by atoms with Crippen LogP contribution in [0.25, 0.3) is 0 Å². The van der Waals surface area contributed by atoms with Gasteiger partial charge in [-0.15, -0.1) is 0 Å². The molecule has 21 heavy (non-hydrogen) atoms. The molecule has 5 nitrogen and oxygen atoms in total. The highest BCUT2D eigenvalue weighted by Crippen LogP contribution is 2.20. The van der Waals surface area contributed by atoms with E-state index in [0.717, 1.165) is 38.4 Å². The molecule has 0 aliphatic carbocycles. The fraction of sp³-hybridized carbons (Fsp3) is 0.750. The largest absolute Gasteiger partial charge is 0.340 e. The maximum absolute atomic E-state index is 11.9. The fourth-order valence-electron chi connectivity index (χ4n) is 3.12. The van der Waals surface area contributed by atoms with Gasteiger partial charge in [-0.2, -0.15) is 0 Å². The van der Waals surface area contributed by atoms with Gasteiger partial charge in [0.15, 0.2) is 0 Å². The Kier molecular flexibility index (Phi) is 5.39. The predicted molar refractivity (Wildman–Crippen MR) is 83.8 cm³/mol. The van der Waals surface area contributed by atoms with Crippen LogP contribution in [-0.2, 0) is 17.9 Å². The zero-order chi connectivity index (χ0) is 15.4. The third kappa shape index (κ3) is 4.06. The highest BCUT2D eigenvalue weighted by atomic mass is 16.2. The summed E-state index contributed by atoms with van der Waals surface area (Å²) in [6, 6.07) is 0.310. The highest BCUT2D eigenvalue weighted by Gasteiger charge is 2.27. The van der Waals surface area contributed by atoms with Crippen molar-refractivity contribution in [2.75, 3.05) is 20.1 Å². The Morgan fingerprint density at radius 3 is 2.90 bits per heavy atom. The van der Waals surface area contributed by atoms with Crippen LogP contribution in [0.1, 0.15) is 39.4 Å². The Morgan fingerprint density at radius 1 is 1.48 bits per heavy atom. The average Bonchev–Trinajstić information content (AvgIpc) is 2.87. The maximum atomic E-state index is 11.9. The number of nitrogens with zero attached hydrogens (tertiary/aromatic N) is 4. The first-order chi connectivity index (χ1) is 10.0. The standard InChI is InChI=1S/C16H28N4O/c1-5-19-9-8-17-15(19)12-18(4)10-14-6-7-16(21)20(11-14)13(2)3/h8-9,13-14H,5-7,10-12H2,1-4H3. The number of imidazole rings is 1. The lowest BCUT2D eigenvalue weighted by atomic mass is 9.96. The van der Waals surface area contributed by atoms with E-state index in [1.165, 1.54) is 0 Å². The third-order valence-electron chi connectivity index (χ3n) is 4.29. The smallest absolute Gasteiger partial charge is 0.222 e. The SMILES string of the molecule is CCn1ccnc1CN(C)CC1CCC(=O)N(C(C)C)C1. The molecule has 1 fully saturated rings. The molecule has 0 aromatic carbocycles. The van der Waals surface area contributed by atoms with Gasteiger partial charge in [-0.05, 0) is 40.2 Å². The molecule has 0 radical (unpaired) electrons. The first-order valence-electron chi connectivity index (χ1n) is 7.99. The first-order valence-corrected chi connectivity index (χ1v) is 7.99. The second kappa shape index (κ2) is 7.07. The minimum absolute atomic E-state index is 0.310. The molecule has 1 aliphatic rings. The lowest BCUT2D eigenvalue weighted by Gasteiger charge is -2.37. The molecule has 118 valence electrons. The minimum Gasteiger partial charge on any atom is -0.340 e. The monoisotopic (exact) mass is 292 g/mol. The van der Waals surface area contributed by atoms with E-state index >= 15 is 0 Å². The van der Waals surface area contributed by atoms with Gasteiger partial charge in [0.2, 0.25) is 5.91 Å². The lowest BCUT2D eigenvalue weighted by Crippen LogP contribution is -2.46. The van der Waals surface area contributed by atoms with Crippen molar-refractivity contribution in [1.82, 2.24) is 19.4 Å². The summed E-state index contributed by atoms with van der Waals surface area (Å²) in [5.41, 5.74) is 0. The third-order valence-corrected chi connectivity index (χ3v) is 4.29. The predicted octanol–water partition coefficient (Wildman–Crippen LogP) is 1.98. The van der Waals surface area contributed by atoms with Crippen molar-refractivity contribution in [1.29, 1.82) is 0 Å². The zero-order valence-corrected chi connectivity index (χ0v) is 13.7. The number of rotatable bonds is 6. The van der Waals surface area contributed by atoms with Crippen LogP contribution in [0.3, 0.4) is 0 Å². The summed E-state index contributed by atoms with van der Waals surface area (Å²) in [6.07, 6.45) is 5.60. The summed E-state index contributed by atoms with van der Waals surface area (Å²) in [6.45, 7) is 10.1. The summed E-state index contributed by atoms with van der Waals surface area (Å²) >= 11 is 0. The van der Waals surface area contributed by atoms with Crippen molar-refractivity contribution >= 4 is 5.91 Å². The molecule has 0 spiro atoms. The van der Waals surface area contributed by atoms with Crippen molar-refractivity contribution < 1.29 is 4.79 Å². The van der Waals surface area contributed by atoms with Gasteiger partial charge in [0.05, 0.1) is 6.54 Å². The van der Waals surface area contributed by atoms with Crippen LogP contribution in [0.4, 0.5) is 0 Å². The summed E-state index contributed by atoms with van der Waals surface area (Å²) in [5, 5.41) is 0. The van der Waals surface area contributed by atoms with Crippen molar-refractivity contribution in [3.63, 3.8) is 0 Å². The molecule has 1 aromatic heterocycles. The topological polar surface area (TPSA) is 41.4 Å². The number of likely N-dealkylation sites (tertiary alicyclic amines) is 1. The van der Waals surface area contributed by atoms with Crippen LogP contribution >= 0.6 is 0 Å². The van der Waals surface area contributed by atoms with Crippen molar-refractivity contribution in [3.05, 3.63) is 18.2 Å². The van der Waals surface area contributed by atoms with E-state index in [1.54, 1.807) is 0 Å². The number of carbonyl (C=O) groups excluding carboxylic acids is 1. The molecule has 1 atom stereocenters. The first kappa shape index (κ1) is 16.0. The number of amides is 1. The molecule has 1 unspecified atom stereocenters. The van der Waals surface area contributed by atoms with E-state index in [1.807, 2.05) is 17.3 Å². The number of aromatic nitrogens is 2. The summed E-state index contributed by atoms with van der Waals surface area (Å²) in [5.74, 6) is 2.00. The number of hydrogen-bond acceptors (Lipinski definition) is 3. The number of aryl methyl sites for hydroxylation is 1. The number of piperidine rings is 1. The summed E-state index contributed by atoms with van der Waals surface area (Å²) in [7, 11) is 2.14. The fourth-order valence-corrected chi connectivity index (χ4v) is 3.12. The van der Waals surface area contributed by atoms with Gasteiger partial charge < -0.3 is 9.47 Å². The Balaban J connectivity index is 1.88. The quantitative estimate of drug-likeness (QED) is 0.805. The lowest BCUT2D eigenvalue weighted by molar-refractivity contribution is -0.136. The van der Waals surface area contributed by atoms with Crippen molar-refractivity contribution in [2.45, 2.75) is 52.7 Å². The molecular weight excluding hydrogens is 264 g/mol. The van der Waals surface area contributed by atoms with Crippen LogP contribution < -0.4 is 0 Å². The maximum Gasteiger partial charge on any atom is 0.222 e. The Morgan fingerprint density at radius 2 is 2.24 bits per heavy atom. The average molecular weight is 292 g/mol. The number of carbonyl (C=O) groups is 1. The van der Waals surface area contributed by atoms with Crippen LogP contribution in [0, 0.1) is 5.92 Å². The zero-order valence-electron chi connectivity index (χ0n) is 13.7. The van der Waals surface area contributed by atoms with Crippen LogP contribution in [0.5, 0.6) is 0 Å². The molecule has 1 aromatic rings. The summed E-state index contributed by atoms with van der Waals surface area (Å²) in [4.78, 5) is 20.7. The van der Waals surface area contributed by atoms with Gasteiger partial charge in [0.1, 0.15) is 5.82 Å². The molecule has 1 amide bonds. The highest BCUT2D eigenvalue weighted by molar-refractivity contribution is 5.77. The van der Waals surface area contributed by atoms with E-state index in [0.29, 0.717) is 24.3 Å². The van der Waals surface area contributed by atoms with Crippen molar-refractivity contribution in [3.8, 4) is 0 Å². The Hall–Kier alpha value is -1.36. The Labute approximate surface area is 127 Å². The van der Waals surface area contributed by atoms with Gasteiger partial charge in [-0.3, -0.25) is 9.69 Å². The molecule has 1 saturated heterocycles. The summed E-state index contributed by atoms with van der Waals surface area (Å²) < 4.78 is 2.18. The molecule has 0 bridgehead atoms. The molecule has 5 heteroatoms. The second-order valence-corrected chi connectivity index (χ2v) is 6.37. The minimum atomic E-state index is 0.310. The number of hydrogen-bond donors (Lipinski definition) is 0. The van der Waals surface area contributed by atoms with E-state index in [9.17, 15) is 4.79 Å². The molecule has 2 heterocycles. The van der Waals surface area contributed by atoms with Crippen molar-refractivity contribution in [2.24, 2.45) is 5.92 Å². The molecule has 0 N–H and O–H groups in total. The molecular formula is C16H28N4O. The van der Waals surface area contributed by atoms with Gasteiger partial charge in [0, 0.05) is 44.5 Å². The van der Waals surface area contributed by atoms with Crippen LogP contribution in [0.2, 0.25) is 0 Å². The molecule has 1 aliphatic heterocycles. The van der Waals surface area contributed by atoms with Gasteiger partial charge in [-0.25, -0.2) is 4.98 Å². The van der Waals surface area contributed by atoms with Crippen LogP contribution in [0.15, 0.2) is 12.4 Å². The van der Waals surface area contributed by atoms with E-state index in [2.05, 4.69) is 42.3 Å². The molecule has 2 rings (SSSR count). The van der Waals surface area contributed by atoms with Crippen LogP contribution in [-0.4, -0.2) is 51.4 Å². The molecule has 0 saturated carbocycles. The van der Waals surface area contributed by atoms with E-state index in [-0.39, 0.29) is 0 Å². The van der Waals surface area contributed by atoms with E-state index in [4.69, 9.17) is 0 Å². The van der Waals surface area contributed by atoms with Gasteiger partial charge >= 0.3 is 0 Å². The Bertz CT molecular complexity index is 469. The van der Waals surface area contributed by atoms with Gasteiger partial charge in [-0.1, -0.05) is 0 Å². The second-order valence-electron chi connectivity index (χ2n) is 6.37. The van der Waals surface area contributed by atoms with Gasteiger partial charge in [0.25, 0.3) is 0 Å². The van der Waals surface area contributed by atoms with E-state index < -0.39 is 0 Å².